The quantitative estimate of drug-likeness (QED) is 0.838. The fourth-order valence-corrected chi connectivity index (χ4v) is 2.63. The molecule has 0 saturated carbocycles. The highest BCUT2D eigenvalue weighted by Crippen LogP contribution is 2.22. The molecule has 3 heteroatoms. The van der Waals surface area contributed by atoms with Gasteiger partial charge in [-0.1, -0.05) is 37.3 Å². The van der Waals surface area contributed by atoms with Gasteiger partial charge in [-0.25, -0.2) is 0 Å². The molecule has 0 atom stereocenters. The van der Waals surface area contributed by atoms with Gasteiger partial charge < -0.3 is 10.0 Å². The number of nitrogens with zero attached hydrogens (tertiary/aromatic N) is 1. The Morgan fingerprint density at radius 2 is 2.05 bits per heavy atom. The van der Waals surface area contributed by atoms with Crippen LogP contribution < -0.4 is 0 Å². The summed E-state index contributed by atoms with van der Waals surface area (Å²) in [5, 5.41) is 8.79. The fourth-order valence-electron chi connectivity index (χ4n) is 2.63. The predicted molar refractivity (Wildman–Crippen MR) is 79.3 cm³/mol. The van der Waals surface area contributed by atoms with Gasteiger partial charge in [-0.3, -0.25) is 4.79 Å². The zero-order valence-corrected chi connectivity index (χ0v) is 11.9. The maximum atomic E-state index is 12.6. The first-order valence-corrected chi connectivity index (χ1v) is 7.24. The molecule has 1 fully saturated rings. The molecule has 1 amide bonds. The minimum absolute atomic E-state index is 0.0578. The zero-order chi connectivity index (χ0) is 14.4. The molecule has 1 aliphatic rings. The third kappa shape index (κ3) is 3.40. The van der Waals surface area contributed by atoms with Gasteiger partial charge in [0, 0.05) is 18.7 Å². The van der Waals surface area contributed by atoms with Crippen LogP contribution in [0.15, 0.2) is 24.3 Å². The summed E-state index contributed by atoms with van der Waals surface area (Å²) in [5.74, 6) is 6.28. The zero-order valence-electron chi connectivity index (χ0n) is 11.9. The summed E-state index contributed by atoms with van der Waals surface area (Å²) in [6.45, 7) is 3.69. The number of carbonyl (C=O) groups is 1. The van der Waals surface area contributed by atoms with E-state index in [-0.39, 0.29) is 12.5 Å². The lowest BCUT2D eigenvalue weighted by Gasteiger charge is -2.31. The van der Waals surface area contributed by atoms with Crippen LogP contribution in [0, 0.1) is 17.8 Å². The summed E-state index contributed by atoms with van der Waals surface area (Å²) >= 11 is 0. The summed E-state index contributed by atoms with van der Waals surface area (Å²) in [5.41, 5.74) is 1.34. The molecular weight excluding hydrogens is 250 g/mol. The lowest BCUT2D eigenvalue weighted by molar-refractivity contribution is 0.0688. The van der Waals surface area contributed by atoms with Gasteiger partial charge in [0.05, 0.1) is 5.56 Å². The Balaban J connectivity index is 2.13. The molecule has 1 N–H and O–H groups in total. The van der Waals surface area contributed by atoms with Crippen molar-refractivity contribution in [2.75, 3.05) is 19.7 Å². The number of hydrogen-bond acceptors (Lipinski definition) is 2. The summed E-state index contributed by atoms with van der Waals surface area (Å²) in [7, 11) is 0. The van der Waals surface area contributed by atoms with Gasteiger partial charge in [0.15, 0.2) is 0 Å². The molecule has 1 aromatic carbocycles. The highest BCUT2D eigenvalue weighted by atomic mass is 16.2. The van der Waals surface area contributed by atoms with Crippen molar-refractivity contribution in [2.24, 2.45) is 5.92 Å². The number of rotatable bonds is 2. The minimum atomic E-state index is -0.190. The van der Waals surface area contributed by atoms with Gasteiger partial charge in [0.1, 0.15) is 6.61 Å². The Morgan fingerprint density at radius 3 is 2.70 bits per heavy atom. The molecule has 1 saturated heterocycles. The maximum Gasteiger partial charge on any atom is 0.255 e. The van der Waals surface area contributed by atoms with E-state index in [1.807, 2.05) is 29.2 Å². The molecule has 0 radical (unpaired) electrons. The number of hydrogen-bond donors (Lipinski definition) is 1. The second-order valence-electron chi connectivity index (χ2n) is 5.15. The van der Waals surface area contributed by atoms with Gasteiger partial charge in [0.25, 0.3) is 5.91 Å². The van der Waals surface area contributed by atoms with Crippen molar-refractivity contribution in [1.82, 2.24) is 4.90 Å². The number of amides is 1. The van der Waals surface area contributed by atoms with Crippen LogP contribution in [0.2, 0.25) is 0 Å². The van der Waals surface area contributed by atoms with Gasteiger partial charge in [-0.2, -0.15) is 0 Å². The first kappa shape index (κ1) is 14.6. The average molecular weight is 271 g/mol. The largest absolute Gasteiger partial charge is 0.384 e. The summed E-state index contributed by atoms with van der Waals surface area (Å²) < 4.78 is 0. The topological polar surface area (TPSA) is 40.5 Å². The van der Waals surface area contributed by atoms with Crippen LogP contribution in [-0.2, 0) is 0 Å². The third-order valence-electron chi connectivity index (χ3n) is 3.94. The molecule has 106 valence electrons. The van der Waals surface area contributed by atoms with E-state index in [0.717, 1.165) is 31.8 Å². The van der Waals surface area contributed by atoms with Crippen molar-refractivity contribution >= 4 is 5.91 Å². The van der Waals surface area contributed by atoms with Crippen molar-refractivity contribution in [3.05, 3.63) is 35.4 Å². The van der Waals surface area contributed by atoms with Crippen LogP contribution in [-0.4, -0.2) is 35.6 Å². The molecule has 2 rings (SSSR count). The Kier molecular flexibility index (Phi) is 5.20. The number of likely N-dealkylation sites (tertiary alicyclic amines) is 1. The molecule has 0 unspecified atom stereocenters. The second-order valence-corrected chi connectivity index (χ2v) is 5.15. The van der Waals surface area contributed by atoms with Crippen molar-refractivity contribution in [1.29, 1.82) is 0 Å². The minimum Gasteiger partial charge on any atom is -0.384 e. The average Bonchev–Trinajstić information content (AvgIpc) is 2.52. The SMILES string of the molecule is CCC1CCN(C(=O)c2ccccc2C#CCO)CC1. The van der Waals surface area contributed by atoms with Crippen LogP contribution in [0.1, 0.15) is 42.1 Å². The highest BCUT2D eigenvalue weighted by molar-refractivity contribution is 5.96. The number of aliphatic hydroxyl groups excluding tert-OH is 1. The normalized spacial score (nSPS) is 15.6. The van der Waals surface area contributed by atoms with Crippen molar-refractivity contribution < 1.29 is 9.90 Å². The number of benzene rings is 1. The first-order valence-electron chi connectivity index (χ1n) is 7.24. The fraction of sp³-hybridized carbons (Fsp3) is 0.471. The van der Waals surface area contributed by atoms with Gasteiger partial charge in [-0.15, -0.1) is 0 Å². The lowest BCUT2D eigenvalue weighted by atomic mass is 9.94. The standard InChI is InChI=1S/C17H21NO2/c1-2-14-9-11-18(12-10-14)17(20)16-8-4-3-6-15(16)7-5-13-19/h3-4,6,8,14,19H,2,9-13H2,1H3. The third-order valence-corrected chi connectivity index (χ3v) is 3.94. The Morgan fingerprint density at radius 1 is 1.35 bits per heavy atom. The number of carbonyl (C=O) groups excluding carboxylic acids is 1. The highest BCUT2D eigenvalue weighted by Gasteiger charge is 2.23. The smallest absolute Gasteiger partial charge is 0.255 e. The molecule has 20 heavy (non-hydrogen) atoms. The van der Waals surface area contributed by atoms with Gasteiger partial charge >= 0.3 is 0 Å². The van der Waals surface area contributed by atoms with E-state index in [4.69, 9.17) is 5.11 Å². The molecule has 1 aliphatic heterocycles. The molecule has 0 spiro atoms. The van der Waals surface area contributed by atoms with E-state index in [0.29, 0.717) is 11.1 Å². The van der Waals surface area contributed by atoms with E-state index in [1.54, 1.807) is 0 Å². The van der Waals surface area contributed by atoms with Crippen LogP contribution in [0.25, 0.3) is 0 Å². The molecule has 0 bridgehead atoms. The van der Waals surface area contributed by atoms with Crippen molar-refractivity contribution in [3.8, 4) is 11.8 Å². The van der Waals surface area contributed by atoms with E-state index in [9.17, 15) is 4.79 Å². The molecule has 0 aliphatic carbocycles. The predicted octanol–water partition coefficient (Wildman–Crippen LogP) is 2.29. The Hall–Kier alpha value is -1.79. The lowest BCUT2D eigenvalue weighted by Crippen LogP contribution is -2.38. The molecule has 3 nitrogen and oxygen atoms in total. The molecular formula is C17H21NO2. The molecule has 1 aromatic rings. The Labute approximate surface area is 120 Å². The van der Waals surface area contributed by atoms with Gasteiger partial charge in [0.2, 0.25) is 0 Å². The van der Waals surface area contributed by atoms with Crippen LogP contribution >= 0.6 is 0 Å². The summed E-state index contributed by atoms with van der Waals surface area (Å²) in [6.07, 6.45) is 3.38. The monoisotopic (exact) mass is 271 g/mol. The molecule has 1 heterocycles. The van der Waals surface area contributed by atoms with E-state index < -0.39 is 0 Å². The number of piperidine rings is 1. The summed E-state index contributed by atoms with van der Waals surface area (Å²) in [4.78, 5) is 14.5. The van der Waals surface area contributed by atoms with E-state index in [1.165, 1.54) is 6.42 Å². The van der Waals surface area contributed by atoms with E-state index in [2.05, 4.69) is 18.8 Å². The van der Waals surface area contributed by atoms with Gasteiger partial charge in [-0.05, 0) is 30.9 Å². The second kappa shape index (κ2) is 7.12. The van der Waals surface area contributed by atoms with Crippen molar-refractivity contribution in [3.63, 3.8) is 0 Å². The van der Waals surface area contributed by atoms with Crippen LogP contribution in [0.4, 0.5) is 0 Å². The first-order chi connectivity index (χ1) is 9.76. The number of aliphatic hydroxyl groups is 1. The van der Waals surface area contributed by atoms with E-state index >= 15 is 0 Å². The Bertz CT molecular complexity index is 519. The van der Waals surface area contributed by atoms with Crippen LogP contribution in [0.5, 0.6) is 0 Å². The van der Waals surface area contributed by atoms with Crippen LogP contribution in [0.3, 0.4) is 0 Å². The van der Waals surface area contributed by atoms with Crippen molar-refractivity contribution in [2.45, 2.75) is 26.2 Å². The summed E-state index contributed by atoms with van der Waals surface area (Å²) in [6, 6.07) is 7.36. The maximum absolute atomic E-state index is 12.6. The molecule has 0 aromatic heterocycles.